The van der Waals surface area contributed by atoms with Crippen LogP contribution in [0.4, 0.5) is 0 Å². The highest BCUT2D eigenvalue weighted by molar-refractivity contribution is 5.80. The molecule has 1 rings (SSSR count). The third-order valence-electron chi connectivity index (χ3n) is 3.31. The predicted octanol–water partition coefficient (Wildman–Crippen LogP) is 1.94. The van der Waals surface area contributed by atoms with Crippen molar-refractivity contribution in [2.24, 2.45) is 5.92 Å². The van der Waals surface area contributed by atoms with Crippen LogP contribution < -0.4 is 5.32 Å². The highest BCUT2D eigenvalue weighted by Gasteiger charge is 2.21. The number of amides is 1. The zero-order valence-corrected chi connectivity index (χ0v) is 9.87. The molecule has 0 aromatic carbocycles. The highest BCUT2D eigenvalue weighted by atomic mass is 16.4. The molecule has 16 heavy (non-hydrogen) atoms. The summed E-state index contributed by atoms with van der Waals surface area (Å²) in [6.45, 7) is 2.02. The van der Waals surface area contributed by atoms with Crippen molar-refractivity contribution in [3.8, 4) is 0 Å². The van der Waals surface area contributed by atoms with Gasteiger partial charge in [0.1, 0.15) is 0 Å². The van der Waals surface area contributed by atoms with Gasteiger partial charge >= 0.3 is 5.97 Å². The van der Waals surface area contributed by atoms with Gasteiger partial charge in [-0.05, 0) is 25.7 Å². The van der Waals surface area contributed by atoms with Crippen LogP contribution in [-0.4, -0.2) is 23.0 Å². The largest absolute Gasteiger partial charge is 0.481 e. The van der Waals surface area contributed by atoms with Crippen molar-refractivity contribution >= 4 is 11.9 Å². The molecule has 1 saturated carbocycles. The Bertz CT molecular complexity index is 247. The number of aliphatic carboxylic acids is 1. The SMILES string of the molecule is C[C@@H](NC(=O)CCC(=O)O)C1CCCCC1. The standard InChI is InChI=1S/C12H21NO3/c1-9(10-5-3-2-4-6-10)13-11(14)7-8-12(15)16/h9-10H,2-8H2,1H3,(H,13,14)(H,15,16)/t9-/m1/s1. The van der Waals surface area contributed by atoms with E-state index in [2.05, 4.69) is 5.32 Å². The van der Waals surface area contributed by atoms with E-state index in [4.69, 9.17) is 5.11 Å². The van der Waals surface area contributed by atoms with E-state index in [1.807, 2.05) is 6.92 Å². The van der Waals surface area contributed by atoms with Crippen molar-refractivity contribution in [1.29, 1.82) is 0 Å². The molecule has 1 atom stereocenters. The Morgan fingerprint density at radius 3 is 2.44 bits per heavy atom. The first kappa shape index (κ1) is 13.0. The minimum atomic E-state index is -0.916. The molecule has 0 radical (unpaired) electrons. The van der Waals surface area contributed by atoms with Crippen LogP contribution in [0.1, 0.15) is 51.9 Å². The second-order valence-corrected chi connectivity index (χ2v) is 4.65. The summed E-state index contributed by atoms with van der Waals surface area (Å²) in [5, 5.41) is 11.4. The van der Waals surface area contributed by atoms with Crippen LogP contribution in [0.2, 0.25) is 0 Å². The number of hydrogen-bond donors (Lipinski definition) is 2. The van der Waals surface area contributed by atoms with Crippen molar-refractivity contribution in [3.63, 3.8) is 0 Å². The summed E-state index contributed by atoms with van der Waals surface area (Å²) in [6, 6.07) is 0.182. The molecule has 1 aliphatic carbocycles. The van der Waals surface area contributed by atoms with Crippen LogP contribution in [-0.2, 0) is 9.59 Å². The Morgan fingerprint density at radius 1 is 1.25 bits per heavy atom. The molecule has 0 unspecified atom stereocenters. The monoisotopic (exact) mass is 227 g/mol. The van der Waals surface area contributed by atoms with E-state index in [-0.39, 0.29) is 24.8 Å². The summed E-state index contributed by atoms with van der Waals surface area (Å²) in [7, 11) is 0. The van der Waals surface area contributed by atoms with Crippen molar-refractivity contribution in [2.45, 2.75) is 57.9 Å². The molecule has 0 saturated heterocycles. The fraction of sp³-hybridized carbons (Fsp3) is 0.833. The van der Waals surface area contributed by atoms with Gasteiger partial charge in [-0.1, -0.05) is 19.3 Å². The van der Waals surface area contributed by atoms with Crippen molar-refractivity contribution in [1.82, 2.24) is 5.32 Å². The van der Waals surface area contributed by atoms with Crippen LogP contribution >= 0.6 is 0 Å². The van der Waals surface area contributed by atoms with Gasteiger partial charge in [0, 0.05) is 12.5 Å². The topological polar surface area (TPSA) is 66.4 Å². The maximum absolute atomic E-state index is 11.4. The lowest BCUT2D eigenvalue weighted by Gasteiger charge is -2.28. The minimum absolute atomic E-state index is 0.0801. The van der Waals surface area contributed by atoms with E-state index in [0.717, 1.165) is 0 Å². The number of carboxylic acids is 1. The fourth-order valence-corrected chi connectivity index (χ4v) is 2.30. The maximum Gasteiger partial charge on any atom is 0.303 e. The molecule has 0 bridgehead atoms. The summed E-state index contributed by atoms with van der Waals surface area (Å²) < 4.78 is 0. The Morgan fingerprint density at radius 2 is 1.88 bits per heavy atom. The lowest BCUT2D eigenvalue weighted by atomic mass is 9.84. The van der Waals surface area contributed by atoms with E-state index in [0.29, 0.717) is 5.92 Å². The van der Waals surface area contributed by atoms with Gasteiger partial charge in [0.05, 0.1) is 6.42 Å². The zero-order valence-electron chi connectivity index (χ0n) is 9.87. The molecule has 4 heteroatoms. The van der Waals surface area contributed by atoms with E-state index >= 15 is 0 Å². The molecule has 1 fully saturated rings. The molecule has 0 heterocycles. The average Bonchev–Trinajstić information content (AvgIpc) is 2.27. The van der Waals surface area contributed by atoms with Crippen LogP contribution in [0.25, 0.3) is 0 Å². The number of nitrogens with one attached hydrogen (secondary N) is 1. The van der Waals surface area contributed by atoms with Gasteiger partial charge in [0.15, 0.2) is 0 Å². The zero-order chi connectivity index (χ0) is 12.0. The predicted molar refractivity (Wildman–Crippen MR) is 61.0 cm³/mol. The molecule has 0 aliphatic heterocycles. The fourth-order valence-electron chi connectivity index (χ4n) is 2.30. The third kappa shape index (κ3) is 4.64. The highest BCUT2D eigenvalue weighted by Crippen LogP contribution is 2.26. The van der Waals surface area contributed by atoms with Crippen LogP contribution in [0, 0.1) is 5.92 Å². The van der Waals surface area contributed by atoms with E-state index in [1.165, 1.54) is 32.1 Å². The normalized spacial score (nSPS) is 19.1. The molecule has 1 amide bonds. The molecule has 4 nitrogen and oxygen atoms in total. The molecule has 2 N–H and O–H groups in total. The molecule has 1 aliphatic rings. The Hall–Kier alpha value is -1.06. The van der Waals surface area contributed by atoms with Gasteiger partial charge < -0.3 is 10.4 Å². The molecule has 0 spiro atoms. The van der Waals surface area contributed by atoms with Crippen molar-refractivity contribution < 1.29 is 14.7 Å². The average molecular weight is 227 g/mol. The van der Waals surface area contributed by atoms with E-state index in [1.54, 1.807) is 0 Å². The van der Waals surface area contributed by atoms with E-state index < -0.39 is 5.97 Å². The number of hydrogen-bond acceptors (Lipinski definition) is 2. The lowest BCUT2D eigenvalue weighted by Crippen LogP contribution is -2.38. The summed E-state index contributed by atoms with van der Waals surface area (Å²) in [5.41, 5.74) is 0. The molecular formula is C12H21NO3. The second-order valence-electron chi connectivity index (χ2n) is 4.65. The van der Waals surface area contributed by atoms with Crippen LogP contribution in [0.5, 0.6) is 0 Å². The smallest absolute Gasteiger partial charge is 0.303 e. The number of carbonyl (C=O) groups is 2. The molecule has 0 aromatic rings. The first-order valence-corrected chi connectivity index (χ1v) is 6.10. The quantitative estimate of drug-likeness (QED) is 0.754. The molecular weight excluding hydrogens is 206 g/mol. The minimum Gasteiger partial charge on any atom is -0.481 e. The Balaban J connectivity index is 2.23. The van der Waals surface area contributed by atoms with Gasteiger partial charge in [-0.25, -0.2) is 0 Å². The van der Waals surface area contributed by atoms with Gasteiger partial charge in [0.25, 0.3) is 0 Å². The summed E-state index contributed by atoms with van der Waals surface area (Å²) in [4.78, 5) is 21.7. The first-order valence-electron chi connectivity index (χ1n) is 6.10. The molecule has 92 valence electrons. The van der Waals surface area contributed by atoms with E-state index in [9.17, 15) is 9.59 Å². The second kappa shape index (κ2) is 6.51. The summed E-state index contributed by atoms with van der Waals surface area (Å²) >= 11 is 0. The van der Waals surface area contributed by atoms with Crippen molar-refractivity contribution in [3.05, 3.63) is 0 Å². The summed E-state index contributed by atoms with van der Waals surface area (Å²) in [5.74, 6) is -0.483. The molecule has 0 aromatic heterocycles. The Kier molecular flexibility index (Phi) is 5.29. The van der Waals surface area contributed by atoms with Gasteiger partial charge in [0.2, 0.25) is 5.91 Å². The number of carbonyl (C=O) groups excluding carboxylic acids is 1. The van der Waals surface area contributed by atoms with Gasteiger partial charge in [-0.15, -0.1) is 0 Å². The van der Waals surface area contributed by atoms with Crippen LogP contribution in [0.3, 0.4) is 0 Å². The van der Waals surface area contributed by atoms with Gasteiger partial charge in [-0.2, -0.15) is 0 Å². The number of rotatable bonds is 5. The Labute approximate surface area is 96.4 Å². The number of carboxylic acid groups (broad SMARTS) is 1. The van der Waals surface area contributed by atoms with Crippen LogP contribution in [0.15, 0.2) is 0 Å². The van der Waals surface area contributed by atoms with Crippen molar-refractivity contribution in [2.75, 3.05) is 0 Å². The summed E-state index contributed by atoms with van der Waals surface area (Å²) in [6.07, 6.45) is 6.17. The lowest BCUT2D eigenvalue weighted by molar-refractivity contribution is -0.139. The first-order chi connectivity index (χ1) is 7.59. The third-order valence-corrected chi connectivity index (χ3v) is 3.31. The van der Waals surface area contributed by atoms with Gasteiger partial charge in [-0.3, -0.25) is 9.59 Å². The maximum atomic E-state index is 11.4.